The van der Waals surface area contributed by atoms with Gasteiger partial charge in [-0.2, -0.15) is 5.10 Å². The van der Waals surface area contributed by atoms with E-state index in [1.54, 1.807) is 0 Å². The van der Waals surface area contributed by atoms with Crippen LogP contribution in [0.5, 0.6) is 0 Å². The number of carbonyl (C=O) groups excluding carboxylic acids is 1. The number of piperidine rings is 1. The number of carbonyl (C=O) groups is 1. The van der Waals surface area contributed by atoms with E-state index in [0.29, 0.717) is 12.4 Å². The van der Waals surface area contributed by atoms with E-state index in [9.17, 15) is 4.79 Å². The fourth-order valence-electron chi connectivity index (χ4n) is 4.09. The molecular formula is C24H24N6O. The summed E-state index contributed by atoms with van der Waals surface area (Å²) in [5, 5.41) is 11.6. The highest BCUT2D eigenvalue weighted by atomic mass is 16.2. The number of aryl methyl sites for hydroxylation is 1. The zero-order valence-electron chi connectivity index (χ0n) is 17.4. The summed E-state index contributed by atoms with van der Waals surface area (Å²) in [7, 11) is 0. The number of aromatic nitrogens is 4. The molecule has 0 radical (unpaired) electrons. The molecule has 4 heterocycles. The molecule has 0 spiro atoms. The number of hydrogen-bond donors (Lipinski definition) is 1. The van der Waals surface area contributed by atoms with E-state index in [1.165, 1.54) is 0 Å². The summed E-state index contributed by atoms with van der Waals surface area (Å²) >= 11 is 0. The normalized spacial score (nSPS) is 16.4. The van der Waals surface area contributed by atoms with Crippen molar-refractivity contribution < 1.29 is 4.79 Å². The lowest BCUT2D eigenvalue weighted by molar-refractivity contribution is -0.120. The van der Waals surface area contributed by atoms with Crippen LogP contribution in [-0.4, -0.2) is 38.6 Å². The molecule has 0 saturated carbocycles. The van der Waals surface area contributed by atoms with Crippen LogP contribution in [0.2, 0.25) is 0 Å². The van der Waals surface area contributed by atoms with E-state index >= 15 is 0 Å². The molecule has 1 unspecified atom stereocenters. The fraction of sp³-hybridized carbons (Fsp3) is 0.250. The van der Waals surface area contributed by atoms with Crippen LogP contribution < -0.4 is 10.2 Å². The van der Waals surface area contributed by atoms with Gasteiger partial charge in [0.2, 0.25) is 5.91 Å². The molecular weight excluding hydrogens is 388 g/mol. The molecule has 1 aromatic carbocycles. The highest BCUT2D eigenvalue weighted by molar-refractivity contribution is 5.96. The van der Waals surface area contributed by atoms with Gasteiger partial charge in [-0.3, -0.25) is 9.20 Å². The lowest BCUT2D eigenvalue weighted by Gasteiger charge is -2.32. The summed E-state index contributed by atoms with van der Waals surface area (Å²) in [6, 6.07) is 19.7. The number of anilines is 2. The minimum absolute atomic E-state index is 0.00704. The molecule has 1 aliphatic rings. The molecule has 7 heteroatoms. The molecule has 31 heavy (non-hydrogen) atoms. The van der Waals surface area contributed by atoms with Crippen molar-refractivity contribution in [1.29, 1.82) is 0 Å². The Morgan fingerprint density at radius 2 is 1.87 bits per heavy atom. The number of benzene rings is 1. The van der Waals surface area contributed by atoms with Gasteiger partial charge in [-0.25, -0.2) is 4.98 Å². The Hall–Kier alpha value is -3.74. The summed E-state index contributed by atoms with van der Waals surface area (Å²) in [6.45, 7) is 3.43. The summed E-state index contributed by atoms with van der Waals surface area (Å²) in [6.07, 6.45) is 3.71. The molecule has 4 aromatic rings. The Balaban J connectivity index is 1.42. The topological polar surface area (TPSA) is 75.4 Å². The van der Waals surface area contributed by atoms with Crippen molar-refractivity contribution in [2.75, 3.05) is 23.3 Å². The van der Waals surface area contributed by atoms with E-state index in [-0.39, 0.29) is 11.8 Å². The Kier molecular flexibility index (Phi) is 5.08. The summed E-state index contributed by atoms with van der Waals surface area (Å²) in [4.78, 5) is 20.2. The molecule has 5 rings (SSSR count). The number of nitrogens with one attached hydrogen (secondary N) is 1. The van der Waals surface area contributed by atoms with Crippen molar-refractivity contribution in [3.63, 3.8) is 0 Å². The predicted molar refractivity (Wildman–Crippen MR) is 121 cm³/mol. The SMILES string of the molecule is Cc1ccc(N2CCCC(C(=O)Nc3c(-c4ccccc4)nc4ccccn34)C2)nn1. The molecule has 1 fully saturated rings. The largest absolute Gasteiger partial charge is 0.354 e. The third kappa shape index (κ3) is 3.86. The number of amides is 1. The van der Waals surface area contributed by atoms with Crippen LogP contribution in [0, 0.1) is 12.8 Å². The van der Waals surface area contributed by atoms with E-state index in [0.717, 1.165) is 47.8 Å². The van der Waals surface area contributed by atoms with Gasteiger partial charge in [-0.1, -0.05) is 36.4 Å². The second-order valence-corrected chi connectivity index (χ2v) is 7.91. The van der Waals surface area contributed by atoms with Crippen molar-refractivity contribution in [2.24, 2.45) is 5.92 Å². The van der Waals surface area contributed by atoms with Crippen LogP contribution in [0.15, 0.2) is 66.9 Å². The van der Waals surface area contributed by atoms with E-state index in [2.05, 4.69) is 20.4 Å². The maximum atomic E-state index is 13.3. The standard InChI is InChI=1S/C24H24N6O/c1-17-12-13-21(28-27-17)29-14-7-10-19(16-29)24(31)26-23-22(18-8-3-2-4-9-18)25-20-11-5-6-15-30(20)23/h2-6,8-9,11-13,15,19H,7,10,14,16H2,1H3,(H,26,31). The third-order valence-corrected chi connectivity index (χ3v) is 5.72. The summed E-state index contributed by atoms with van der Waals surface area (Å²) < 4.78 is 1.94. The third-order valence-electron chi connectivity index (χ3n) is 5.72. The van der Waals surface area contributed by atoms with E-state index in [1.807, 2.05) is 78.2 Å². The summed E-state index contributed by atoms with van der Waals surface area (Å²) in [5.41, 5.74) is 3.44. The molecule has 0 aliphatic carbocycles. The van der Waals surface area contributed by atoms with Crippen LogP contribution in [0.25, 0.3) is 16.9 Å². The highest BCUT2D eigenvalue weighted by Gasteiger charge is 2.28. The van der Waals surface area contributed by atoms with E-state index in [4.69, 9.17) is 4.98 Å². The Bertz CT molecular complexity index is 1200. The zero-order chi connectivity index (χ0) is 21.2. The van der Waals surface area contributed by atoms with Crippen molar-refractivity contribution in [2.45, 2.75) is 19.8 Å². The van der Waals surface area contributed by atoms with Crippen LogP contribution >= 0.6 is 0 Å². The molecule has 0 bridgehead atoms. The molecule has 7 nitrogen and oxygen atoms in total. The fourth-order valence-corrected chi connectivity index (χ4v) is 4.09. The predicted octanol–water partition coefficient (Wildman–Crippen LogP) is 3.95. The van der Waals surface area contributed by atoms with Gasteiger partial charge in [-0.05, 0) is 44.0 Å². The van der Waals surface area contributed by atoms with Gasteiger partial charge in [0.1, 0.15) is 17.2 Å². The van der Waals surface area contributed by atoms with E-state index < -0.39 is 0 Å². The van der Waals surface area contributed by atoms with Gasteiger partial charge in [0.05, 0.1) is 11.6 Å². The van der Waals surface area contributed by atoms with Crippen LogP contribution in [-0.2, 0) is 4.79 Å². The number of nitrogens with zero attached hydrogens (tertiary/aromatic N) is 5. The lowest BCUT2D eigenvalue weighted by Crippen LogP contribution is -2.41. The number of fused-ring (bicyclic) bond motifs is 1. The Morgan fingerprint density at radius 1 is 1.03 bits per heavy atom. The quantitative estimate of drug-likeness (QED) is 0.549. The van der Waals surface area contributed by atoms with Crippen molar-refractivity contribution in [3.8, 4) is 11.3 Å². The molecule has 1 aliphatic heterocycles. The first-order chi connectivity index (χ1) is 15.2. The van der Waals surface area contributed by atoms with Gasteiger partial charge in [0.25, 0.3) is 0 Å². The van der Waals surface area contributed by atoms with Crippen LogP contribution in [0.4, 0.5) is 11.6 Å². The number of hydrogen-bond acceptors (Lipinski definition) is 5. The van der Waals surface area contributed by atoms with Crippen molar-refractivity contribution in [1.82, 2.24) is 19.6 Å². The molecule has 1 saturated heterocycles. The Labute approximate surface area is 180 Å². The van der Waals surface area contributed by atoms with Crippen LogP contribution in [0.1, 0.15) is 18.5 Å². The summed E-state index contributed by atoms with van der Waals surface area (Å²) in [5.74, 6) is 1.41. The first-order valence-electron chi connectivity index (χ1n) is 10.6. The molecule has 1 N–H and O–H groups in total. The average Bonchev–Trinajstić information content (AvgIpc) is 3.18. The van der Waals surface area contributed by atoms with Gasteiger partial charge in [0.15, 0.2) is 5.82 Å². The minimum Gasteiger partial charge on any atom is -0.354 e. The van der Waals surface area contributed by atoms with Crippen molar-refractivity contribution in [3.05, 3.63) is 72.6 Å². The van der Waals surface area contributed by atoms with Gasteiger partial charge < -0.3 is 10.2 Å². The number of imidazole rings is 1. The molecule has 3 aromatic heterocycles. The number of pyridine rings is 1. The first-order valence-corrected chi connectivity index (χ1v) is 10.6. The lowest BCUT2D eigenvalue weighted by atomic mass is 9.97. The Morgan fingerprint density at radius 3 is 2.68 bits per heavy atom. The second-order valence-electron chi connectivity index (χ2n) is 7.91. The van der Waals surface area contributed by atoms with Gasteiger partial charge >= 0.3 is 0 Å². The monoisotopic (exact) mass is 412 g/mol. The molecule has 1 atom stereocenters. The van der Waals surface area contributed by atoms with Crippen LogP contribution in [0.3, 0.4) is 0 Å². The molecule has 156 valence electrons. The maximum absolute atomic E-state index is 13.3. The minimum atomic E-state index is -0.130. The average molecular weight is 412 g/mol. The van der Waals surface area contributed by atoms with Gasteiger partial charge in [0, 0.05) is 24.8 Å². The number of rotatable bonds is 4. The second kappa shape index (κ2) is 8.18. The molecule has 1 amide bonds. The first kappa shape index (κ1) is 19.2. The maximum Gasteiger partial charge on any atom is 0.230 e. The zero-order valence-corrected chi connectivity index (χ0v) is 17.4. The van der Waals surface area contributed by atoms with Gasteiger partial charge in [-0.15, -0.1) is 5.10 Å². The smallest absolute Gasteiger partial charge is 0.230 e. The van der Waals surface area contributed by atoms with Crippen molar-refractivity contribution >= 4 is 23.2 Å². The highest BCUT2D eigenvalue weighted by Crippen LogP contribution is 2.30.